The Kier molecular flexibility index (Phi) is 10.5. The van der Waals surface area contributed by atoms with Gasteiger partial charge in [0.2, 0.25) is 5.91 Å². The number of likely N-dealkylation sites (tertiary alicyclic amines) is 2. The normalized spacial score (nSPS) is 20.1. The van der Waals surface area contributed by atoms with Gasteiger partial charge < -0.3 is 19.6 Å². The summed E-state index contributed by atoms with van der Waals surface area (Å²) >= 11 is 0. The minimum atomic E-state index is -4.72. The van der Waals surface area contributed by atoms with Gasteiger partial charge in [-0.3, -0.25) is 19.4 Å². The molecule has 2 aliphatic rings. The molecule has 236 valence electrons. The van der Waals surface area contributed by atoms with Gasteiger partial charge in [0.1, 0.15) is 5.75 Å². The molecule has 0 saturated carbocycles. The predicted molar refractivity (Wildman–Crippen MR) is 154 cm³/mol. The molecule has 2 aliphatic heterocycles. The van der Waals surface area contributed by atoms with Crippen molar-refractivity contribution in [1.82, 2.24) is 14.8 Å². The van der Waals surface area contributed by atoms with Crippen LogP contribution in [0.4, 0.5) is 13.2 Å². The summed E-state index contributed by atoms with van der Waals surface area (Å²) in [7, 11) is 0. The van der Waals surface area contributed by atoms with E-state index in [1.165, 1.54) is 4.90 Å². The first-order valence-corrected chi connectivity index (χ1v) is 15.0. The third-order valence-corrected chi connectivity index (χ3v) is 8.64. The molecule has 9 nitrogen and oxygen atoms in total. The van der Waals surface area contributed by atoms with Crippen molar-refractivity contribution in [3.63, 3.8) is 0 Å². The number of alkyl halides is 3. The van der Waals surface area contributed by atoms with Gasteiger partial charge in [-0.25, -0.2) is 0 Å². The zero-order chi connectivity index (χ0) is 31.9. The van der Waals surface area contributed by atoms with Gasteiger partial charge >= 0.3 is 12.1 Å². The maximum atomic E-state index is 13.9. The number of piperidine rings is 2. The quantitative estimate of drug-likeness (QED) is 0.353. The number of benzene rings is 1. The Labute approximate surface area is 254 Å². The number of carbonyl (C=O) groups excluding carboxylic acids is 2. The number of ether oxygens (including phenoxy) is 1. The molecule has 3 heterocycles. The van der Waals surface area contributed by atoms with Gasteiger partial charge in [0.15, 0.2) is 0 Å². The molecule has 4 rings (SSSR count). The van der Waals surface area contributed by atoms with E-state index in [1.807, 2.05) is 19.1 Å². The summed E-state index contributed by atoms with van der Waals surface area (Å²) in [6, 6.07) is 9.85. The molecule has 1 aromatic carbocycles. The molecule has 0 spiro atoms. The van der Waals surface area contributed by atoms with Crippen molar-refractivity contribution in [1.29, 1.82) is 5.26 Å². The molecule has 0 bridgehead atoms. The van der Waals surface area contributed by atoms with Crippen LogP contribution in [0.5, 0.6) is 5.75 Å². The predicted octanol–water partition coefficient (Wildman–Crippen LogP) is 5.45. The second-order valence-electron chi connectivity index (χ2n) is 11.4. The molecular weight excluding hydrogens is 577 g/mol. The van der Waals surface area contributed by atoms with Crippen LogP contribution in [0.15, 0.2) is 42.7 Å². The second kappa shape index (κ2) is 14.1. The Morgan fingerprint density at radius 3 is 2.55 bits per heavy atom. The lowest BCUT2D eigenvalue weighted by Crippen LogP contribution is -2.55. The van der Waals surface area contributed by atoms with Crippen LogP contribution < -0.4 is 4.74 Å². The number of carboxylic acid groups (broad SMARTS) is 1. The number of carboxylic acids is 1. The van der Waals surface area contributed by atoms with Crippen molar-refractivity contribution in [3.05, 3.63) is 59.4 Å². The van der Waals surface area contributed by atoms with E-state index in [0.717, 1.165) is 18.5 Å². The van der Waals surface area contributed by atoms with Crippen LogP contribution in [0.1, 0.15) is 79.8 Å². The van der Waals surface area contributed by atoms with E-state index >= 15 is 0 Å². The number of carbonyl (C=O) groups is 3. The first kappa shape index (κ1) is 32.8. The molecule has 2 unspecified atom stereocenters. The highest BCUT2D eigenvalue weighted by atomic mass is 19.4. The lowest BCUT2D eigenvalue weighted by Gasteiger charge is -2.44. The average molecular weight is 615 g/mol. The Hall–Kier alpha value is -4.14. The van der Waals surface area contributed by atoms with E-state index in [1.54, 1.807) is 17.0 Å². The molecule has 2 fully saturated rings. The van der Waals surface area contributed by atoms with E-state index in [2.05, 4.69) is 11.1 Å². The number of amides is 2. The van der Waals surface area contributed by atoms with Crippen LogP contribution in [0, 0.1) is 17.2 Å². The highest BCUT2D eigenvalue weighted by Crippen LogP contribution is 2.41. The molecule has 1 N–H and O–H groups in total. The summed E-state index contributed by atoms with van der Waals surface area (Å²) in [6.45, 7) is 2.94. The van der Waals surface area contributed by atoms with Gasteiger partial charge in [-0.1, -0.05) is 31.5 Å². The zero-order valence-corrected chi connectivity index (χ0v) is 24.7. The highest BCUT2D eigenvalue weighted by molar-refractivity contribution is 5.96. The average Bonchev–Trinajstić information content (AvgIpc) is 3.02. The third-order valence-electron chi connectivity index (χ3n) is 8.64. The van der Waals surface area contributed by atoms with Gasteiger partial charge in [-0.15, -0.1) is 0 Å². The van der Waals surface area contributed by atoms with Crippen molar-refractivity contribution < 1.29 is 37.4 Å². The van der Waals surface area contributed by atoms with Crippen molar-refractivity contribution in [3.8, 4) is 11.8 Å². The number of hydrogen-bond acceptors (Lipinski definition) is 6. The fourth-order valence-electron chi connectivity index (χ4n) is 6.39. The van der Waals surface area contributed by atoms with Crippen LogP contribution in [0.3, 0.4) is 0 Å². The lowest BCUT2D eigenvalue weighted by atomic mass is 9.73. The van der Waals surface area contributed by atoms with Gasteiger partial charge in [-0.05, 0) is 50.7 Å². The van der Waals surface area contributed by atoms with E-state index in [4.69, 9.17) is 9.84 Å². The number of rotatable bonds is 10. The second-order valence-corrected chi connectivity index (χ2v) is 11.4. The van der Waals surface area contributed by atoms with Crippen LogP contribution in [0.25, 0.3) is 0 Å². The summed E-state index contributed by atoms with van der Waals surface area (Å²) in [5.74, 6) is -1.91. The van der Waals surface area contributed by atoms with Gasteiger partial charge in [-0.2, -0.15) is 18.4 Å². The number of halogens is 3. The number of aliphatic carboxylic acids is 1. The van der Waals surface area contributed by atoms with Gasteiger partial charge in [0, 0.05) is 50.1 Å². The van der Waals surface area contributed by atoms with Gasteiger partial charge in [0.25, 0.3) is 5.91 Å². The largest absolute Gasteiger partial charge is 0.493 e. The van der Waals surface area contributed by atoms with E-state index < -0.39 is 46.6 Å². The molecule has 12 heteroatoms. The Balaban J connectivity index is 1.50. The molecule has 2 atom stereocenters. The van der Waals surface area contributed by atoms with Crippen molar-refractivity contribution in [2.45, 2.75) is 75.9 Å². The summed E-state index contributed by atoms with van der Waals surface area (Å²) in [5.41, 5.74) is -1.78. The number of nitrogens with zero attached hydrogens (tertiary/aromatic N) is 4. The maximum Gasteiger partial charge on any atom is 0.417 e. The molecule has 2 amide bonds. The van der Waals surface area contributed by atoms with E-state index in [9.17, 15) is 32.8 Å². The SMILES string of the molecule is CCCC1C(C(=O)N2CCC(C#N)(c3ccccc3OCCCC(=O)O)CC2)CCCN1C(=O)c1cnccc1C(F)(F)F. The van der Waals surface area contributed by atoms with Crippen LogP contribution >= 0.6 is 0 Å². The molecule has 2 saturated heterocycles. The monoisotopic (exact) mass is 614 g/mol. The minimum Gasteiger partial charge on any atom is -0.493 e. The standard InChI is InChI=1S/C32H37F3N4O5/c1-2-7-26-22(8-5-16-39(26)30(43)23-20-37-15-12-24(23)32(33,34)35)29(42)38-17-13-31(21-36,14-18-38)25-9-3-4-10-27(25)44-19-6-11-28(40)41/h3-4,9-10,12,15,20,22,26H,2,5-8,11,13-14,16-19H2,1H3,(H,40,41). The first-order chi connectivity index (χ1) is 21.0. The van der Waals surface area contributed by atoms with Crippen LogP contribution in [-0.4, -0.2) is 70.0 Å². The summed E-state index contributed by atoms with van der Waals surface area (Å²) < 4.78 is 47.0. The van der Waals surface area contributed by atoms with Crippen LogP contribution in [-0.2, 0) is 21.2 Å². The number of para-hydroxylation sites is 1. The topological polar surface area (TPSA) is 124 Å². The summed E-state index contributed by atoms with van der Waals surface area (Å²) in [5, 5.41) is 19.2. The number of nitriles is 1. The van der Waals surface area contributed by atoms with Crippen molar-refractivity contribution in [2.75, 3.05) is 26.2 Å². The van der Waals surface area contributed by atoms with E-state index in [0.29, 0.717) is 69.3 Å². The molecule has 0 radical (unpaired) electrons. The fourth-order valence-corrected chi connectivity index (χ4v) is 6.39. The maximum absolute atomic E-state index is 13.9. The lowest BCUT2D eigenvalue weighted by molar-refractivity contribution is -0.141. The highest BCUT2D eigenvalue weighted by Gasteiger charge is 2.45. The smallest absolute Gasteiger partial charge is 0.417 e. The third kappa shape index (κ3) is 7.14. The summed E-state index contributed by atoms with van der Waals surface area (Å²) in [6.07, 6.45) is 0.319. The van der Waals surface area contributed by atoms with Crippen LogP contribution in [0.2, 0.25) is 0 Å². The fraction of sp³-hybridized carbons (Fsp3) is 0.531. The number of pyridine rings is 1. The molecule has 0 aliphatic carbocycles. The van der Waals surface area contributed by atoms with Gasteiger partial charge in [0.05, 0.1) is 35.1 Å². The Bertz CT molecular complexity index is 1380. The molecule has 2 aromatic rings. The molecular formula is C32H37F3N4O5. The van der Waals surface area contributed by atoms with Crippen molar-refractivity contribution in [2.24, 2.45) is 5.92 Å². The Morgan fingerprint density at radius 2 is 1.89 bits per heavy atom. The number of aromatic nitrogens is 1. The molecule has 1 aromatic heterocycles. The zero-order valence-electron chi connectivity index (χ0n) is 24.7. The molecule has 44 heavy (non-hydrogen) atoms. The van der Waals surface area contributed by atoms with Crippen molar-refractivity contribution >= 4 is 17.8 Å². The number of hydrogen-bond donors (Lipinski definition) is 1. The summed E-state index contributed by atoms with van der Waals surface area (Å²) in [4.78, 5) is 45.2. The first-order valence-electron chi connectivity index (χ1n) is 15.0. The minimum absolute atomic E-state index is 0.0302. The Morgan fingerprint density at radius 1 is 1.16 bits per heavy atom. The van der Waals surface area contributed by atoms with E-state index in [-0.39, 0.29) is 25.5 Å².